The summed E-state index contributed by atoms with van der Waals surface area (Å²) in [6, 6.07) is 12.2. The molecular formula is C17H23ClN4O. The fraction of sp³-hybridized carbons (Fsp3) is 0.412. The van der Waals surface area contributed by atoms with E-state index in [9.17, 15) is 0 Å². The first-order valence-electron chi connectivity index (χ1n) is 7.76. The SMILES string of the molecule is Cc1cc(-c2ccccc2)nnc1NCCN1CCOCC1.Cl. The van der Waals surface area contributed by atoms with Crippen molar-refractivity contribution in [2.45, 2.75) is 6.92 Å². The van der Waals surface area contributed by atoms with Crippen LogP contribution in [0.3, 0.4) is 0 Å². The highest BCUT2D eigenvalue weighted by Gasteiger charge is 2.10. The summed E-state index contributed by atoms with van der Waals surface area (Å²) in [6.45, 7) is 7.65. The lowest BCUT2D eigenvalue weighted by Crippen LogP contribution is -2.39. The summed E-state index contributed by atoms with van der Waals surface area (Å²) < 4.78 is 5.35. The average molecular weight is 335 g/mol. The molecule has 0 bridgehead atoms. The minimum atomic E-state index is 0. The molecule has 2 heterocycles. The second kappa shape index (κ2) is 8.82. The molecule has 6 heteroatoms. The number of hydrogen-bond acceptors (Lipinski definition) is 5. The Labute approximate surface area is 143 Å². The van der Waals surface area contributed by atoms with Gasteiger partial charge in [0.1, 0.15) is 0 Å². The molecule has 1 fully saturated rings. The zero-order chi connectivity index (χ0) is 15.2. The Morgan fingerprint density at radius 1 is 1.13 bits per heavy atom. The van der Waals surface area contributed by atoms with E-state index in [2.05, 4.69) is 45.5 Å². The molecule has 1 aliphatic heterocycles. The summed E-state index contributed by atoms with van der Waals surface area (Å²) in [7, 11) is 0. The van der Waals surface area contributed by atoms with Crippen LogP contribution in [0.1, 0.15) is 5.56 Å². The van der Waals surface area contributed by atoms with Crippen LogP contribution in [0.15, 0.2) is 36.4 Å². The van der Waals surface area contributed by atoms with Crippen molar-refractivity contribution in [3.05, 3.63) is 42.0 Å². The number of benzene rings is 1. The second-order valence-corrected chi connectivity index (χ2v) is 5.51. The third-order valence-corrected chi connectivity index (χ3v) is 3.88. The van der Waals surface area contributed by atoms with E-state index in [0.717, 1.165) is 62.0 Å². The Morgan fingerprint density at radius 3 is 2.57 bits per heavy atom. The minimum absolute atomic E-state index is 0. The van der Waals surface area contributed by atoms with Gasteiger partial charge in [-0.3, -0.25) is 4.90 Å². The fourth-order valence-corrected chi connectivity index (χ4v) is 2.57. The predicted octanol–water partition coefficient (Wildman–Crippen LogP) is 2.62. The van der Waals surface area contributed by atoms with E-state index in [1.54, 1.807) is 0 Å². The van der Waals surface area contributed by atoms with Gasteiger partial charge in [-0.05, 0) is 18.6 Å². The first-order valence-corrected chi connectivity index (χ1v) is 7.76. The maximum absolute atomic E-state index is 5.35. The highest BCUT2D eigenvalue weighted by Crippen LogP contribution is 2.19. The van der Waals surface area contributed by atoms with E-state index in [-0.39, 0.29) is 12.4 Å². The summed E-state index contributed by atoms with van der Waals surface area (Å²) in [5.74, 6) is 0.868. The van der Waals surface area contributed by atoms with Gasteiger partial charge in [0.05, 0.1) is 18.9 Å². The Morgan fingerprint density at radius 2 is 1.87 bits per heavy atom. The molecule has 1 aromatic heterocycles. The molecule has 0 spiro atoms. The molecule has 0 radical (unpaired) electrons. The maximum atomic E-state index is 5.35. The number of nitrogens with one attached hydrogen (secondary N) is 1. The number of nitrogens with zero attached hydrogens (tertiary/aromatic N) is 3. The van der Waals surface area contributed by atoms with E-state index in [1.807, 2.05) is 18.2 Å². The molecule has 0 atom stereocenters. The van der Waals surface area contributed by atoms with Crippen LogP contribution < -0.4 is 5.32 Å². The summed E-state index contributed by atoms with van der Waals surface area (Å²) >= 11 is 0. The van der Waals surface area contributed by atoms with Crippen LogP contribution in [0.25, 0.3) is 11.3 Å². The van der Waals surface area contributed by atoms with Crippen LogP contribution in [-0.4, -0.2) is 54.5 Å². The zero-order valence-corrected chi connectivity index (χ0v) is 14.2. The molecule has 0 saturated carbocycles. The normalized spacial score (nSPS) is 15.0. The van der Waals surface area contributed by atoms with Gasteiger partial charge >= 0.3 is 0 Å². The second-order valence-electron chi connectivity index (χ2n) is 5.51. The quantitative estimate of drug-likeness (QED) is 0.911. The standard InChI is InChI=1S/C17H22N4O.ClH/c1-14-13-16(15-5-3-2-4-6-15)19-20-17(14)18-7-8-21-9-11-22-12-10-21;/h2-6,13H,7-12H2,1H3,(H,18,20);1H. The van der Waals surface area contributed by atoms with Crippen molar-refractivity contribution in [1.82, 2.24) is 15.1 Å². The third-order valence-electron chi connectivity index (χ3n) is 3.88. The van der Waals surface area contributed by atoms with E-state index < -0.39 is 0 Å². The monoisotopic (exact) mass is 334 g/mol. The van der Waals surface area contributed by atoms with Crippen LogP contribution in [0.5, 0.6) is 0 Å². The van der Waals surface area contributed by atoms with Crippen LogP contribution in [0, 0.1) is 6.92 Å². The first-order chi connectivity index (χ1) is 10.8. The number of hydrogen-bond donors (Lipinski definition) is 1. The Balaban J connectivity index is 0.00000192. The molecule has 0 amide bonds. The van der Waals surface area contributed by atoms with Crippen LogP contribution >= 0.6 is 12.4 Å². The molecule has 124 valence electrons. The minimum Gasteiger partial charge on any atom is -0.379 e. The lowest BCUT2D eigenvalue weighted by Gasteiger charge is -2.26. The Kier molecular flexibility index (Phi) is 6.77. The predicted molar refractivity (Wildman–Crippen MR) is 95.2 cm³/mol. The van der Waals surface area contributed by atoms with Gasteiger partial charge < -0.3 is 10.1 Å². The van der Waals surface area contributed by atoms with Gasteiger partial charge in [-0.2, -0.15) is 0 Å². The van der Waals surface area contributed by atoms with E-state index >= 15 is 0 Å². The highest BCUT2D eigenvalue weighted by atomic mass is 35.5. The van der Waals surface area contributed by atoms with Crippen LogP contribution in [0.4, 0.5) is 5.82 Å². The number of anilines is 1. The summed E-state index contributed by atoms with van der Waals surface area (Å²) in [5.41, 5.74) is 3.13. The molecular weight excluding hydrogens is 312 g/mol. The number of ether oxygens (including phenoxy) is 1. The molecule has 0 aliphatic carbocycles. The van der Waals surface area contributed by atoms with E-state index in [1.165, 1.54) is 0 Å². The van der Waals surface area contributed by atoms with Crippen molar-refractivity contribution < 1.29 is 4.74 Å². The van der Waals surface area contributed by atoms with E-state index in [0.29, 0.717) is 0 Å². The van der Waals surface area contributed by atoms with Crippen molar-refractivity contribution >= 4 is 18.2 Å². The molecule has 3 rings (SSSR count). The summed E-state index contributed by atoms with van der Waals surface area (Å²) in [5, 5.41) is 12.0. The number of morpholine rings is 1. The van der Waals surface area contributed by atoms with Gasteiger partial charge in [-0.15, -0.1) is 22.6 Å². The van der Waals surface area contributed by atoms with Crippen LogP contribution in [0.2, 0.25) is 0 Å². The highest BCUT2D eigenvalue weighted by molar-refractivity contribution is 5.85. The third kappa shape index (κ3) is 4.89. The molecule has 5 nitrogen and oxygen atoms in total. The van der Waals surface area contributed by atoms with Gasteiger partial charge in [0.2, 0.25) is 0 Å². The zero-order valence-electron chi connectivity index (χ0n) is 13.4. The van der Waals surface area contributed by atoms with Crippen molar-refractivity contribution in [3.8, 4) is 11.3 Å². The van der Waals surface area contributed by atoms with Gasteiger partial charge in [-0.1, -0.05) is 30.3 Å². The van der Waals surface area contributed by atoms with Gasteiger partial charge in [0, 0.05) is 31.7 Å². The van der Waals surface area contributed by atoms with Crippen molar-refractivity contribution in [2.24, 2.45) is 0 Å². The van der Waals surface area contributed by atoms with Gasteiger partial charge in [0.15, 0.2) is 5.82 Å². The largest absolute Gasteiger partial charge is 0.379 e. The number of halogens is 1. The van der Waals surface area contributed by atoms with Crippen molar-refractivity contribution in [3.63, 3.8) is 0 Å². The molecule has 23 heavy (non-hydrogen) atoms. The molecule has 1 aromatic carbocycles. The molecule has 2 aromatic rings. The lowest BCUT2D eigenvalue weighted by atomic mass is 10.1. The topological polar surface area (TPSA) is 50.3 Å². The number of rotatable bonds is 5. The lowest BCUT2D eigenvalue weighted by molar-refractivity contribution is 0.0398. The smallest absolute Gasteiger partial charge is 0.151 e. The van der Waals surface area contributed by atoms with Gasteiger partial charge in [0.25, 0.3) is 0 Å². The Bertz CT molecular complexity index is 603. The first kappa shape index (κ1) is 17.7. The molecule has 1 aliphatic rings. The van der Waals surface area contributed by atoms with Crippen LogP contribution in [-0.2, 0) is 4.74 Å². The Hall–Kier alpha value is -1.69. The fourth-order valence-electron chi connectivity index (χ4n) is 2.57. The average Bonchev–Trinajstić information content (AvgIpc) is 2.58. The summed E-state index contributed by atoms with van der Waals surface area (Å²) in [6.07, 6.45) is 0. The van der Waals surface area contributed by atoms with Gasteiger partial charge in [-0.25, -0.2) is 0 Å². The van der Waals surface area contributed by atoms with Crippen molar-refractivity contribution in [2.75, 3.05) is 44.7 Å². The molecule has 1 N–H and O–H groups in total. The summed E-state index contributed by atoms with van der Waals surface area (Å²) in [4.78, 5) is 2.40. The molecule has 1 saturated heterocycles. The molecule has 0 unspecified atom stereocenters. The van der Waals surface area contributed by atoms with E-state index in [4.69, 9.17) is 4.74 Å². The maximum Gasteiger partial charge on any atom is 0.151 e. The van der Waals surface area contributed by atoms with Crippen molar-refractivity contribution in [1.29, 1.82) is 0 Å². The number of aryl methyl sites for hydroxylation is 1. The number of aromatic nitrogens is 2.